The van der Waals surface area contributed by atoms with Crippen LogP contribution in [0, 0.1) is 13.8 Å². The molecule has 0 atom stereocenters. The molecule has 0 saturated carbocycles. The molecule has 7 heteroatoms. The van der Waals surface area contributed by atoms with Gasteiger partial charge in [0.1, 0.15) is 17.4 Å². The molecule has 0 spiro atoms. The first-order valence-electron chi connectivity index (χ1n) is 9.18. The van der Waals surface area contributed by atoms with Crippen LogP contribution in [0.5, 0.6) is 5.75 Å². The fraction of sp³-hybridized carbons (Fsp3) is 0.400. The summed E-state index contributed by atoms with van der Waals surface area (Å²) in [6.07, 6.45) is 1.93. The van der Waals surface area contributed by atoms with Crippen molar-refractivity contribution in [2.24, 2.45) is 0 Å². The van der Waals surface area contributed by atoms with Crippen LogP contribution in [0.25, 0.3) is 11.5 Å². The molecule has 0 aliphatic carbocycles. The molecule has 0 amide bonds. The molecule has 0 unspecified atom stereocenters. The summed E-state index contributed by atoms with van der Waals surface area (Å²) < 4.78 is 10.9. The second-order valence-corrected chi connectivity index (χ2v) is 6.83. The molecule has 1 saturated heterocycles. The average molecular weight is 365 g/mol. The molecule has 140 valence electrons. The summed E-state index contributed by atoms with van der Waals surface area (Å²) in [5.41, 5.74) is 1.82. The number of anilines is 1. The molecule has 0 N–H and O–H groups in total. The zero-order chi connectivity index (χ0) is 18.8. The van der Waals surface area contributed by atoms with Crippen LogP contribution in [0.1, 0.15) is 36.1 Å². The molecule has 0 radical (unpaired) electrons. The van der Waals surface area contributed by atoms with E-state index in [1.807, 2.05) is 44.2 Å². The number of para-hydroxylation sites is 1. The quantitative estimate of drug-likeness (QED) is 0.700. The fourth-order valence-corrected chi connectivity index (χ4v) is 3.56. The van der Waals surface area contributed by atoms with Crippen molar-refractivity contribution in [3.05, 3.63) is 47.7 Å². The highest BCUT2D eigenvalue weighted by Gasteiger charge is 2.26. The third kappa shape index (κ3) is 3.63. The van der Waals surface area contributed by atoms with E-state index in [1.165, 1.54) is 0 Å². The molecule has 0 bridgehead atoms. The van der Waals surface area contributed by atoms with E-state index >= 15 is 0 Å². The summed E-state index contributed by atoms with van der Waals surface area (Å²) in [5.74, 6) is 4.11. The van der Waals surface area contributed by atoms with Gasteiger partial charge in [-0.1, -0.05) is 17.3 Å². The van der Waals surface area contributed by atoms with Gasteiger partial charge in [-0.3, -0.25) is 0 Å². The zero-order valence-electron chi connectivity index (χ0n) is 15.8. The normalized spacial score (nSPS) is 15.1. The lowest BCUT2D eigenvalue weighted by molar-refractivity contribution is 0.393. The van der Waals surface area contributed by atoms with Crippen LogP contribution in [0.3, 0.4) is 0 Å². The summed E-state index contributed by atoms with van der Waals surface area (Å²) in [6.45, 7) is 5.77. The first-order chi connectivity index (χ1) is 13.1. The second-order valence-electron chi connectivity index (χ2n) is 6.83. The summed E-state index contributed by atoms with van der Waals surface area (Å²) in [5, 5.41) is 4.23. The first-order valence-corrected chi connectivity index (χ1v) is 9.18. The number of aromatic nitrogens is 4. The molecule has 7 nitrogen and oxygen atoms in total. The lowest BCUT2D eigenvalue weighted by Crippen LogP contribution is -2.34. The molecular formula is C20H23N5O2. The van der Waals surface area contributed by atoms with Crippen molar-refractivity contribution < 1.29 is 9.26 Å². The highest BCUT2D eigenvalue weighted by molar-refractivity contribution is 5.62. The van der Waals surface area contributed by atoms with Crippen molar-refractivity contribution in [3.63, 3.8) is 0 Å². The minimum absolute atomic E-state index is 0.289. The molecule has 3 heterocycles. The van der Waals surface area contributed by atoms with Crippen molar-refractivity contribution in [1.82, 2.24) is 20.1 Å². The maximum absolute atomic E-state index is 5.51. The van der Waals surface area contributed by atoms with Gasteiger partial charge < -0.3 is 14.2 Å². The number of hydrogen-bond acceptors (Lipinski definition) is 7. The van der Waals surface area contributed by atoms with Crippen LogP contribution < -0.4 is 9.64 Å². The fourth-order valence-electron chi connectivity index (χ4n) is 3.56. The van der Waals surface area contributed by atoms with Crippen LogP contribution in [0.2, 0.25) is 0 Å². The standard InChI is InChI=1S/C20H23N5O2/c1-13-12-18(22-14(2)21-13)25-10-8-15(9-11-25)19-23-20(27-24-19)16-6-4-5-7-17(16)26-3/h4-7,12,15H,8-11H2,1-3H3. The summed E-state index contributed by atoms with van der Waals surface area (Å²) in [6, 6.07) is 9.72. The number of rotatable bonds is 4. The SMILES string of the molecule is COc1ccccc1-c1nc(C2CCN(c3cc(C)nc(C)n3)CC2)no1. The van der Waals surface area contributed by atoms with Gasteiger partial charge in [0.25, 0.3) is 5.89 Å². The Balaban J connectivity index is 1.47. The van der Waals surface area contributed by atoms with Gasteiger partial charge in [-0.15, -0.1) is 0 Å². The Hall–Kier alpha value is -2.96. The molecule has 1 aromatic carbocycles. The summed E-state index contributed by atoms with van der Waals surface area (Å²) in [4.78, 5) is 15.9. The Morgan fingerprint density at radius 2 is 1.85 bits per heavy atom. The molecular weight excluding hydrogens is 342 g/mol. The Labute approximate surface area is 158 Å². The number of benzene rings is 1. The molecule has 4 rings (SSSR count). The maximum atomic E-state index is 5.51. The van der Waals surface area contributed by atoms with Crippen molar-refractivity contribution >= 4 is 5.82 Å². The van der Waals surface area contributed by atoms with Gasteiger partial charge in [0.2, 0.25) is 0 Å². The Kier molecular flexibility index (Phi) is 4.75. The maximum Gasteiger partial charge on any atom is 0.261 e. The monoisotopic (exact) mass is 365 g/mol. The molecule has 27 heavy (non-hydrogen) atoms. The van der Waals surface area contributed by atoms with E-state index in [1.54, 1.807) is 7.11 Å². The van der Waals surface area contributed by atoms with Crippen LogP contribution in [-0.4, -0.2) is 40.3 Å². The van der Waals surface area contributed by atoms with Gasteiger partial charge in [0, 0.05) is 30.8 Å². The number of piperidine rings is 1. The number of methoxy groups -OCH3 is 1. The van der Waals surface area contributed by atoms with E-state index in [2.05, 4.69) is 25.0 Å². The van der Waals surface area contributed by atoms with Crippen molar-refractivity contribution in [2.75, 3.05) is 25.1 Å². The lowest BCUT2D eigenvalue weighted by Gasteiger charge is -2.31. The lowest BCUT2D eigenvalue weighted by atomic mass is 9.96. The van der Waals surface area contributed by atoms with Gasteiger partial charge in [-0.25, -0.2) is 9.97 Å². The Bertz CT molecular complexity index is 911. The largest absolute Gasteiger partial charge is 0.496 e. The Morgan fingerprint density at radius 1 is 1.07 bits per heavy atom. The highest BCUT2D eigenvalue weighted by atomic mass is 16.5. The van der Waals surface area contributed by atoms with Gasteiger partial charge in [0.15, 0.2) is 5.82 Å². The average Bonchev–Trinajstić information content (AvgIpc) is 3.17. The number of nitrogens with zero attached hydrogens (tertiary/aromatic N) is 5. The highest BCUT2D eigenvalue weighted by Crippen LogP contribution is 2.32. The van der Waals surface area contributed by atoms with Gasteiger partial charge in [-0.05, 0) is 38.8 Å². The van der Waals surface area contributed by atoms with E-state index in [9.17, 15) is 0 Å². The van der Waals surface area contributed by atoms with E-state index in [0.29, 0.717) is 5.89 Å². The number of hydrogen-bond donors (Lipinski definition) is 0. The van der Waals surface area contributed by atoms with E-state index in [0.717, 1.165) is 60.4 Å². The molecule has 2 aromatic heterocycles. The van der Waals surface area contributed by atoms with Crippen LogP contribution >= 0.6 is 0 Å². The van der Waals surface area contributed by atoms with Gasteiger partial charge in [0.05, 0.1) is 12.7 Å². The zero-order valence-corrected chi connectivity index (χ0v) is 15.8. The van der Waals surface area contributed by atoms with Gasteiger partial charge >= 0.3 is 0 Å². The van der Waals surface area contributed by atoms with Crippen molar-refractivity contribution in [1.29, 1.82) is 0 Å². The van der Waals surface area contributed by atoms with Crippen LogP contribution in [0.4, 0.5) is 5.82 Å². The van der Waals surface area contributed by atoms with E-state index in [4.69, 9.17) is 9.26 Å². The van der Waals surface area contributed by atoms with Crippen LogP contribution in [0.15, 0.2) is 34.9 Å². The predicted octanol–water partition coefficient (Wildman–Crippen LogP) is 3.54. The topological polar surface area (TPSA) is 77.2 Å². The number of ether oxygens (including phenoxy) is 1. The van der Waals surface area contributed by atoms with E-state index < -0.39 is 0 Å². The molecule has 1 aliphatic rings. The minimum atomic E-state index is 0.289. The smallest absolute Gasteiger partial charge is 0.261 e. The third-order valence-electron chi connectivity index (χ3n) is 4.92. The first kappa shape index (κ1) is 17.5. The molecule has 1 fully saturated rings. The third-order valence-corrected chi connectivity index (χ3v) is 4.92. The number of aryl methyl sites for hydroxylation is 2. The molecule has 3 aromatic rings. The van der Waals surface area contributed by atoms with Crippen molar-refractivity contribution in [2.45, 2.75) is 32.6 Å². The van der Waals surface area contributed by atoms with Crippen LogP contribution in [-0.2, 0) is 0 Å². The minimum Gasteiger partial charge on any atom is -0.496 e. The predicted molar refractivity (Wildman–Crippen MR) is 102 cm³/mol. The Morgan fingerprint density at radius 3 is 2.59 bits per heavy atom. The van der Waals surface area contributed by atoms with Crippen molar-refractivity contribution in [3.8, 4) is 17.2 Å². The summed E-state index contributed by atoms with van der Waals surface area (Å²) in [7, 11) is 1.64. The molecule has 1 aliphatic heterocycles. The van der Waals surface area contributed by atoms with E-state index in [-0.39, 0.29) is 5.92 Å². The van der Waals surface area contributed by atoms with Gasteiger partial charge in [-0.2, -0.15) is 4.98 Å². The summed E-state index contributed by atoms with van der Waals surface area (Å²) >= 11 is 0. The second kappa shape index (κ2) is 7.34.